The number of rotatable bonds is 11. The SMILES string of the molecule is CNC(=O)[C@H](Cc1ccccc1)N(Cc1cccc(Cl)c1)C(=O)CN(c1ccc(C)c(C)c1)S(=O)(=O)c1ccc(Cl)cc1. The van der Waals surface area contributed by atoms with Crippen LogP contribution < -0.4 is 9.62 Å². The van der Waals surface area contributed by atoms with Crippen LogP contribution in [0.25, 0.3) is 0 Å². The minimum atomic E-state index is -4.21. The van der Waals surface area contributed by atoms with Crippen LogP contribution in [0.4, 0.5) is 5.69 Å². The first-order valence-electron chi connectivity index (χ1n) is 13.6. The van der Waals surface area contributed by atoms with Gasteiger partial charge in [0.25, 0.3) is 10.0 Å². The van der Waals surface area contributed by atoms with Crippen molar-refractivity contribution in [1.29, 1.82) is 0 Å². The molecular formula is C33H33Cl2N3O4S. The molecule has 1 N–H and O–H groups in total. The highest BCUT2D eigenvalue weighted by atomic mass is 35.5. The number of hydrogen-bond donors (Lipinski definition) is 1. The molecule has 0 aliphatic carbocycles. The summed E-state index contributed by atoms with van der Waals surface area (Å²) in [6.07, 6.45) is 0.223. The van der Waals surface area contributed by atoms with Gasteiger partial charge in [0.2, 0.25) is 11.8 Å². The van der Waals surface area contributed by atoms with Crippen molar-refractivity contribution in [3.63, 3.8) is 0 Å². The summed E-state index contributed by atoms with van der Waals surface area (Å²) < 4.78 is 29.2. The highest BCUT2D eigenvalue weighted by molar-refractivity contribution is 7.92. The van der Waals surface area contributed by atoms with E-state index < -0.39 is 28.5 Å². The van der Waals surface area contributed by atoms with Crippen LogP contribution in [0, 0.1) is 13.8 Å². The van der Waals surface area contributed by atoms with E-state index in [1.807, 2.05) is 50.2 Å². The molecule has 0 aliphatic rings. The van der Waals surface area contributed by atoms with E-state index in [4.69, 9.17) is 23.2 Å². The quantitative estimate of drug-likeness (QED) is 0.212. The van der Waals surface area contributed by atoms with Gasteiger partial charge in [-0.2, -0.15) is 0 Å². The van der Waals surface area contributed by atoms with Gasteiger partial charge in [0.15, 0.2) is 0 Å². The van der Waals surface area contributed by atoms with Crippen molar-refractivity contribution in [3.05, 3.63) is 129 Å². The lowest BCUT2D eigenvalue weighted by molar-refractivity contribution is -0.139. The minimum absolute atomic E-state index is 0.0172. The third kappa shape index (κ3) is 7.96. The molecule has 0 saturated carbocycles. The number of amides is 2. The molecule has 1 atom stereocenters. The van der Waals surface area contributed by atoms with E-state index in [0.29, 0.717) is 21.3 Å². The fourth-order valence-electron chi connectivity index (χ4n) is 4.70. The van der Waals surface area contributed by atoms with E-state index in [9.17, 15) is 18.0 Å². The molecule has 0 radical (unpaired) electrons. The standard InChI is InChI=1S/C33H33Cl2N3O4S/c1-23-12-15-29(18-24(23)2)38(43(41,42)30-16-13-27(34)14-17-30)22-32(39)37(21-26-10-7-11-28(35)19-26)31(33(40)36-3)20-25-8-5-4-6-9-25/h4-19,31H,20-22H2,1-3H3,(H,36,40)/t31-/m0/s1. The maximum atomic E-state index is 14.3. The third-order valence-corrected chi connectivity index (χ3v) is 9.49. The van der Waals surface area contributed by atoms with Crippen LogP contribution >= 0.6 is 23.2 Å². The number of likely N-dealkylation sites (N-methyl/N-ethyl adjacent to an activating group) is 1. The van der Waals surface area contributed by atoms with Crippen molar-refractivity contribution in [2.45, 2.75) is 37.8 Å². The Morgan fingerprint density at radius 2 is 1.47 bits per heavy atom. The number of sulfonamides is 1. The molecule has 0 spiro atoms. The number of carbonyl (C=O) groups is 2. The smallest absolute Gasteiger partial charge is 0.264 e. The van der Waals surface area contributed by atoms with Crippen LogP contribution in [0.3, 0.4) is 0 Å². The zero-order valence-corrected chi connectivity index (χ0v) is 26.5. The molecule has 4 aromatic carbocycles. The molecule has 0 unspecified atom stereocenters. The molecule has 0 fully saturated rings. The number of anilines is 1. The first-order chi connectivity index (χ1) is 20.5. The second-order valence-electron chi connectivity index (χ2n) is 10.2. The zero-order chi connectivity index (χ0) is 31.1. The maximum Gasteiger partial charge on any atom is 0.264 e. The highest BCUT2D eigenvalue weighted by Crippen LogP contribution is 2.28. The average molecular weight is 639 g/mol. The molecule has 0 aromatic heterocycles. The Bertz CT molecular complexity index is 1700. The topological polar surface area (TPSA) is 86.8 Å². The van der Waals surface area contributed by atoms with Gasteiger partial charge in [0.1, 0.15) is 12.6 Å². The fraction of sp³-hybridized carbons (Fsp3) is 0.212. The Morgan fingerprint density at radius 1 is 0.791 bits per heavy atom. The molecule has 43 heavy (non-hydrogen) atoms. The van der Waals surface area contributed by atoms with E-state index in [0.717, 1.165) is 21.0 Å². The van der Waals surface area contributed by atoms with Gasteiger partial charge in [-0.05, 0) is 84.6 Å². The number of aryl methyl sites for hydroxylation is 2. The summed E-state index contributed by atoms with van der Waals surface area (Å²) in [6, 6.07) is 26.4. The van der Waals surface area contributed by atoms with Crippen LogP contribution in [0.5, 0.6) is 0 Å². The van der Waals surface area contributed by atoms with Crippen molar-refractivity contribution >= 4 is 50.7 Å². The molecular weight excluding hydrogens is 605 g/mol. The normalized spacial score (nSPS) is 11.9. The second-order valence-corrected chi connectivity index (χ2v) is 12.9. The summed E-state index contributed by atoms with van der Waals surface area (Å²) in [5.41, 5.74) is 3.71. The lowest BCUT2D eigenvalue weighted by Crippen LogP contribution is -2.53. The molecule has 0 aliphatic heterocycles. The summed E-state index contributed by atoms with van der Waals surface area (Å²) in [6.45, 7) is 3.29. The Balaban J connectivity index is 1.80. The second kappa shape index (κ2) is 14.1. The van der Waals surface area contributed by atoms with E-state index in [2.05, 4.69) is 5.32 Å². The third-order valence-electron chi connectivity index (χ3n) is 7.22. The van der Waals surface area contributed by atoms with Gasteiger partial charge in [0, 0.05) is 30.1 Å². The minimum Gasteiger partial charge on any atom is -0.357 e. The summed E-state index contributed by atoms with van der Waals surface area (Å²) in [5.74, 6) is -0.933. The molecule has 10 heteroatoms. The van der Waals surface area contributed by atoms with Gasteiger partial charge in [-0.15, -0.1) is 0 Å². The van der Waals surface area contributed by atoms with Crippen molar-refractivity contribution in [2.24, 2.45) is 0 Å². The predicted molar refractivity (Wildman–Crippen MR) is 172 cm³/mol. The van der Waals surface area contributed by atoms with Gasteiger partial charge in [-0.3, -0.25) is 13.9 Å². The van der Waals surface area contributed by atoms with Crippen LogP contribution in [0.1, 0.15) is 22.3 Å². The number of nitrogens with one attached hydrogen (secondary N) is 1. The Morgan fingerprint density at radius 3 is 2.09 bits per heavy atom. The summed E-state index contributed by atoms with van der Waals surface area (Å²) in [5, 5.41) is 3.54. The van der Waals surface area contributed by atoms with Crippen LogP contribution in [-0.2, 0) is 32.6 Å². The van der Waals surface area contributed by atoms with Gasteiger partial charge in [-0.1, -0.05) is 71.7 Å². The molecule has 224 valence electrons. The molecule has 4 aromatic rings. The van der Waals surface area contributed by atoms with E-state index >= 15 is 0 Å². The first-order valence-corrected chi connectivity index (χ1v) is 15.8. The van der Waals surface area contributed by atoms with Crippen molar-refractivity contribution in [2.75, 3.05) is 17.9 Å². The summed E-state index contributed by atoms with van der Waals surface area (Å²) in [4.78, 5) is 29.1. The van der Waals surface area contributed by atoms with Crippen molar-refractivity contribution in [1.82, 2.24) is 10.2 Å². The van der Waals surface area contributed by atoms with Crippen LogP contribution in [0.2, 0.25) is 10.0 Å². The van der Waals surface area contributed by atoms with Gasteiger partial charge in [-0.25, -0.2) is 8.42 Å². The van der Waals surface area contributed by atoms with Crippen molar-refractivity contribution in [3.8, 4) is 0 Å². The van der Waals surface area contributed by atoms with E-state index in [-0.39, 0.29) is 23.8 Å². The molecule has 2 amide bonds. The molecule has 0 heterocycles. The lowest BCUT2D eigenvalue weighted by atomic mass is 10.0. The molecule has 7 nitrogen and oxygen atoms in total. The maximum absolute atomic E-state index is 14.3. The molecule has 4 rings (SSSR count). The predicted octanol–water partition coefficient (Wildman–Crippen LogP) is 6.19. The largest absolute Gasteiger partial charge is 0.357 e. The average Bonchev–Trinajstić information content (AvgIpc) is 2.99. The van der Waals surface area contributed by atoms with E-state index in [1.54, 1.807) is 36.4 Å². The Kier molecular flexibility index (Phi) is 10.5. The monoisotopic (exact) mass is 637 g/mol. The number of carbonyl (C=O) groups excluding carboxylic acids is 2. The number of halogens is 2. The fourth-order valence-corrected chi connectivity index (χ4v) is 6.44. The number of benzene rings is 4. The van der Waals surface area contributed by atoms with Gasteiger partial charge in [0.05, 0.1) is 10.6 Å². The zero-order valence-electron chi connectivity index (χ0n) is 24.1. The van der Waals surface area contributed by atoms with E-state index in [1.165, 1.54) is 36.2 Å². The van der Waals surface area contributed by atoms with Crippen LogP contribution in [-0.4, -0.2) is 44.8 Å². The molecule has 0 saturated heterocycles. The number of hydrogen-bond acceptors (Lipinski definition) is 4. The number of nitrogens with zero attached hydrogens (tertiary/aromatic N) is 2. The van der Waals surface area contributed by atoms with Gasteiger partial charge < -0.3 is 10.2 Å². The van der Waals surface area contributed by atoms with Crippen LogP contribution in [0.15, 0.2) is 102 Å². The lowest BCUT2D eigenvalue weighted by Gasteiger charge is -2.33. The molecule has 0 bridgehead atoms. The Labute approximate surface area is 263 Å². The highest BCUT2D eigenvalue weighted by Gasteiger charge is 2.34. The Hall–Kier alpha value is -3.85. The van der Waals surface area contributed by atoms with Crippen molar-refractivity contribution < 1.29 is 18.0 Å². The first kappa shape index (κ1) is 32.1. The summed E-state index contributed by atoms with van der Waals surface area (Å²) in [7, 11) is -2.70. The van der Waals surface area contributed by atoms with Gasteiger partial charge >= 0.3 is 0 Å². The summed E-state index contributed by atoms with van der Waals surface area (Å²) >= 11 is 12.3.